The molecule has 0 aromatic heterocycles. The fourth-order valence-electron chi connectivity index (χ4n) is 2.67. The molecule has 0 saturated carbocycles. The van der Waals surface area contributed by atoms with Gasteiger partial charge in [-0.05, 0) is 35.6 Å². The van der Waals surface area contributed by atoms with Crippen molar-refractivity contribution in [2.45, 2.75) is 26.7 Å². The van der Waals surface area contributed by atoms with E-state index in [2.05, 4.69) is 0 Å². The van der Waals surface area contributed by atoms with Crippen LogP contribution in [-0.4, -0.2) is 16.9 Å². The van der Waals surface area contributed by atoms with E-state index < -0.39 is 11.9 Å². The maximum atomic E-state index is 12.4. The Morgan fingerprint density at radius 1 is 0.958 bits per heavy atom. The highest BCUT2D eigenvalue weighted by Crippen LogP contribution is 2.23. The molecule has 0 bridgehead atoms. The second-order valence-electron chi connectivity index (χ2n) is 6.38. The number of hydrogen-bond acceptors (Lipinski definition) is 2. The smallest absolute Gasteiger partial charge is 0.306 e. The van der Waals surface area contributed by atoms with Gasteiger partial charge in [-0.2, -0.15) is 0 Å². The molecule has 0 saturated heterocycles. The summed E-state index contributed by atoms with van der Waals surface area (Å²) in [4.78, 5) is 23.7. The third-order valence-electron chi connectivity index (χ3n) is 3.92. The Morgan fingerprint density at radius 2 is 1.46 bits per heavy atom. The van der Waals surface area contributed by atoms with Crippen LogP contribution in [0.4, 0.5) is 0 Å². The van der Waals surface area contributed by atoms with Crippen LogP contribution < -0.4 is 0 Å². The van der Waals surface area contributed by atoms with Crippen molar-refractivity contribution in [1.82, 2.24) is 0 Å². The number of carbonyl (C=O) groups excluding carboxylic acids is 1. The summed E-state index contributed by atoms with van der Waals surface area (Å²) >= 11 is 5.88. The fraction of sp³-hybridized carbons (Fsp3) is 0.300. The van der Waals surface area contributed by atoms with Crippen molar-refractivity contribution in [1.29, 1.82) is 0 Å². The molecule has 2 aromatic carbocycles. The highest BCUT2D eigenvalue weighted by molar-refractivity contribution is 6.30. The van der Waals surface area contributed by atoms with Gasteiger partial charge in [0, 0.05) is 17.0 Å². The van der Waals surface area contributed by atoms with Crippen LogP contribution in [0.15, 0.2) is 48.5 Å². The van der Waals surface area contributed by atoms with Crippen LogP contribution in [0.1, 0.15) is 37.0 Å². The lowest BCUT2D eigenvalue weighted by Crippen LogP contribution is -2.20. The van der Waals surface area contributed by atoms with Gasteiger partial charge in [-0.25, -0.2) is 0 Å². The van der Waals surface area contributed by atoms with Crippen LogP contribution in [0.2, 0.25) is 5.02 Å². The predicted molar refractivity (Wildman–Crippen MR) is 96.4 cm³/mol. The lowest BCUT2D eigenvalue weighted by molar-refractivity contribution is -0.142. The molecular formula is C20H21ClO3. The minimum Gasteiger partial charge on any atom is -0.481 e. The second kappa shape index (κ2) is 8.11. The summed E-state index contributed by atoms with van der Waals surface area (Å²) in [6, 6.07) is 14.7. The molecular weight excluding hydrogens is 324 g/mol. The minimum absolute atomic E-state index is 0.0355. The predicted octanol–water partition coefficient (Wildman–Crippen LogP) is 5.33. The van der Waals surface area contributed by atoms with Gasteiger partial charge in [-0.15, -0.1) is 0 Å². The van der Waals surface area contributed by atoms with Crippen LogP contribution in [0.25, 0.3) is 11.1 Å². The van der Waals surface area contributed by atoms with Gasteiger partial charge in [0.2, 0.25) is 0 Å². The van der Waals surface area contributed by atoms with E-state index >= 15 is 0 Å². The van der Waals surface area contributed by atoms with E-state index in [1.807, 2.05) is 50.2 Å². The van der Waals surface area contributed by atoms with Crippen LogP contribution in [0.3, 0.4) is 0 Å². The van der Waals surface area contributed by atoms with Crippen molar-refractivity contribution >= 4 is 23.4 Å². The summed E-state index contributed by atoms with van der Waals surface area (Å²) < 4.78 is 0. The van der Waals surface area contributed by atoms with Crippen LogP contribution in [0.5, 0.6) is 0 Å². The Kier molecular flexibility index (Phi) is 6.16. The van der Waals surface area contributed by atoms with Crippen molar-refractivity contribution in [2.24, 2.45) is 11.8 Å². The molecule has 3 nitrogen and oxygen atoms in total. The molecule has 0 amide bonds. The molecule has 0 heterocycles. The first-order valence-corrected chi connectivity index (χ1v) is 8.36. The van der Waals surface area contributed by atoms with Crippen LogP contribution in [0, 0.1) is 11.8 Å². The number of ketones is 1. The molecule has 0 radical (unpaired) electrons. The van der Waals surface area contributed by atoms with Gasteiger partial charge in [0.25, 0.3) is 0 Å². The highest BCUT2D eigenvalue weighted by atomic mass is 35.5. The summed E-state index contributed by atoms with van der Waals surface area (Å²) in [5, 5.41) is 9.95. The van der Waals surface area contributed by atoms with Gasteiger partial charge >= 0.3 is 5.97 Å². The summed E-state index contributed by atoms with van der Waals surface area (Å²) in [5.41, 5.74) is 2.55. The molecule has 1 atom stereocenters. The van der Waals surface area contributed by atoms with E-state index in [0.29, 0.717) is 17.0 Å². The Hall–Kier alpha value is -2.13. The first-order chi connectivity index (χ1) is 11.4. The van der Waals surface area contributed by atoms with Gasteiger partial charge in [0.05, 0.1) is 5.92 Å². The number of aliphatic carboxylic acids is 1. The number of carboxylic acid groups (broad SMARTS) is 1. The van der Waals surface area contributed by atoms with E-state index in [-0.39, 0.29) is 18.1 Å². The van der Waals surface area contributed by atoms with E-state index in [1.165, 1.54) is 0 Å². The molecule has 4 heteroatoms. The molecule has 0 fully saturated rings. The van der Waals surface area contributed by atoms with Crippen LogP contribution in [-0.2, 0) is 4.79 Å². The molecule has 0 aliphatic carbocycles. The van der Waals surface area contributed by atoms with Crippen molar-refractivity contribution < 1.29 is 14.7 Å². The monoisotopic (exact) mass is 344 g/mol. The summed E-state index contributed by atoms with van der Waals surface area (Å²) in [5.74, 6) is -1.43. The first kappa shape index (κ1) is 18.2. The molecule has 0 unspecified atom stereocenters. The number of carbonyl (C=O) groups is 2. The van der Waals surface area contributed by atoms with Gasteiger partial charge < -0.3 is 5.11 Å². The average molecular weight is 345 g/mol. The number of Topliss-reactive ketones (excluding diaryl/α,β-unsaturated/α-hetero) is 1. The third kappa shape index (κ3) is 4.93. The van der Waals surface area contributed by atoms with Crippen molar-refractivity contribution in [2.75, 3.05) is 0 Å². The quantitative estimate of drug-likeness (QED) is 0.691. The average Bonchev–Trinajstić information content (AvgIpc) is 2.54. The highest BCUT2D eigenvalue weighted by Gasteiger charge is 2.23. The van der Waals surface area contributed by atoms with Gasteiger partial charge in [0.1, 0.15) is 0 Å². The summed E-state index contributed by atoms with van der Waals surface area (Å²) in [6.45, 7) is 3.92. The largest absolute Gasteiger partial charge is 0.481 e. The summed E-state index contributed by atoms with van der Waals surface area (Å²) in [6.07, 6.45) is 0.539. The zero-order chi connectivity index (χ0) is 17.7. The molecule has 2 aromatic rings. The SMILES string of the molecule is CC(C)C[C@@H](CC(=O)c1ccc(-c2ccc(Cl)cc2)cc1)C(=O)O. The zero-order valence-electron chi connectivity index (χ0n) is 13.8. The van der Waals surface area contributed by atoms with Crippen LogP contribution >= 0.6 is 11.6 Å². The first-order valence-electron chi connectivity index (χ1n) is 7.99. The van der Waals surface area contributed by atoms with E-state index in [0.717, 1.165) is 11.1 Å². The standard InChI is InChI=1S/C20H21ClO3/c1-13(2)11-17(20(23)24)12-19(22)16-5-3-14(4-6-16)15-7-9-18(21)10-8-15/h3-10,13,17H,11-12H2,1-2H3,(H,23,24)/t17-/m0/s1. The number of hydrogen-bond donors (Lipinski definition) is 1. The normalized spacial score (nSPS) is 12.2. The van der Waals surface area contributed by atoms with Crippen molar-refractivity contribution in [3.05, 3.63) is 59.1 Å². The van der Waals surface area contributed by atoms with E-state index in [4.69, 9.17) is 11.6 Å². The van der Waals surface area contributed by atoms with E-state index in [9.17, 15) is 14.7 Å². The fourth-order valence-corrected chi connectivity index (χ4v) is 2.80. The number of rotatable bonds is 7. The molecule has 24 heavy (non-hydrogen) atoms. The lowest BCUT2D eigenvalue weighted by atomic mass is 9.90. The lowest BCUT2D eigenvalue weighted by Gasteiger charge is -2.14. The molecule has 0 aliphatic heterocycles. The Morgan fingerprint density at radius 3 is 1.92 bits per heavy atom. The topological polar surface area (TPSA) is 54.4 Å². The van der Waals surface area contributed by atoms with Crippen molar-refractivity contribution in [3.63, 3.8) is 0 Å². The number of benzene rings is 2. The molecule has 0 spiro atoms. The van der Waals surface area contributed by atoms with Gasteiger partial charge in [0.15, 0.2) is 5.78 Å². The number of halogens is 1. The Balaban J connectivity index is 2.10. The Bertz CT molecular complexity index is 703. The maximum absolute atomic E-state index is 12.4. The Labute approximate surface area is 147 Å². The summed E-state index contributed by atoms with van der Waals surface area (Å²) in [7, 11) is 0. The molecule has 2 rings (SSSR count). The zero-order valence-corrected chi connectivity index (χ0v) is 14.6. The van der Waals surface area contributed by atoms with Gasteiger partial charge in [-0.3, -0.25) is 9.59 Å². The number of carboxylic acids is 1. The second-order valence-corrected chi connectivity index (χ2v) is 6.81. The van der Waals surface area contributed by atoms with E-state index in [1.54, 1.807) is 12.1 Å². The third-order valence-corrected chi connectivity index (χ3v) is 4.17. The molecule has 0 aliphatic rings. The van der Waals surface area contributed by atoms with Crippen molar-refractivity contribution in [3.8, 4) is 11.1 Å². The maximum Gasteiger partial charge on any atom is 0.306 e. The molecule has 1 N–H and O–H groups in total. The van der Waals surface area contributed by atoms with Gasteiger partial charge in [-0.1, -0.05) is 61.8 Å². The minimum atomic E-state index is -0.908. The molecule has 126 valence electrons.